The number of nitrogens with one attached hydrogen (secondary N) is 1. The van der Waals surface area contributed by atoms with Crippen LogP contribution in [-0.2, 0) is 6.54 Å². The number of fused-ring (bicyclic) bond motifs is 1. The van der Waals surface area contributed by atoms with Gasteiger partial charge in [0.15, 0.2) is 0 Å². The van der Waals surface area contributed by atoms with E-state index in [1.807, 2.05) is 6.20 Å². The van der Waals surface area contributed by atoms with E-state index in [4.69, 9.17) is 0 Å². The second kappa shape index (κ2) is 4.11. The fourth-order valence-corrected chi connectivity index (χ4v) is 2.02. The zero-order chi connectivity index (χ0) is 9.97. The summed E-state index contributed by atoms with van der Waals surface area (Å²) >= 11 is 0. The predicted molar refractivity (Wildman–Crippen MR) is 56.1 cm³/mol. The van der Waals surface area contributed by atoms with Gasteiger partial charge in [0.1, 0.15) is 5.82 Å². The lowest BCUT2D eigenvalue weighted by molar-refractivity contribution is 0.313. The van der Waals surface area contributed by atoms with Crippen molar-refractivity contribution in [3.8, 4) is 0 Å². The molecule has 1 aliphatic heterocycles. The molecule has 0 spiro atoms. The molecule has 1 aromatic heterocycles. The summed E-state index contributed by atoms with van der Waals surface area (Å²) in [6.07, 6.45) is 5.17. The molecule has 0 bridgehead atoms. The third-order valence-corrected chi connectivity index (χ3v) is 2.66. The van der Waals surface area contributed by atoms with Crippen LogP contribution in [0.4, 0.5) is 0 Å². The highest BCUT2D eigenvalue weighted by Gasteiger charge is 2.17. The first kappa shape index (κ1) is 9.68. The molecule has 2 rings (SSSR count). The summed E-state index contributed by atoms with van der Waals surface area (Å²) in [6, 6.07) is 0.567. The van der Waals surface area contributed by atoms with Crippen molar-refractivity contribution in [1.29, 1.82) is 0 Å². The maximum atomic E-state index is 4.36. The molecule has 0 aromatic carbocycles. The summed E-state index contributed by atoms with van der Waals surface area (Å²) < 4.78 is 2.31. The Morgan fingerprint density at radius 2 is 2.50 bits per heavy atom. The van der Waals surface area contributed by atoms with Gasteiger partial charge in [-0.15, -0.1) is 0 Å². The van der Waals surface area contributed by atoms with Crippen LogP contribution in [0.5, 0.6) is 0 Å². The smallest absolute Gasteiger partial charge is 0.122 e. The van der Waals surface area contributed by atoms with Crippen LogP contribution in [0.15, 0.2) is 12.4 Å². The quantitative estimate of drug-likeness (QED) is 0.743. The Kier molecular flexibility index (Phi) is 2.84. The monoisotopic (exact) mass is 194 g/mol. The molecule has 0 amide bonds. The number of nitrogens with zero attached hydrogens (tertiary/aromatic N) is 3. The van der Waals surface area contributed by atoms with Crippen molar-refractivity contribution >= 4 is 0 Å². The molecule has 14 heavy (non-hydrogen) atoms. The number of hydrogen-bond donors (Lipinski definition) is 1. The molecule has 4 nitrogen and oxygen atoms in total. The molecular formula is C10H18N4. The minimum absolute atomic E-state index is 0.567. The Morgan fingerprint density at radius 1 is 1.64 bits per heavy atom. The van der Waals surface area contributed by atoms with Crippen molar-refractivity contribution in [2.24, 2.45) is 0 Å². The highest BCUT2D eigenvalue weighted by atomic mass is 15.2. The molecule has 1 N–H and O–H groups in total. The molecule has 1 aliphatic rings. The Hall–Kier alpha value is -0.870. The fraction of sp³-hybridized carbons (Fsp3) is 0.700. The lowest BCUT2D eigenvalue weighted by Gasteiger charge is -2.21. The Balaban J connectivity index is 2.17. The average molecular weight is 194 g/mol. The average Bonchev–Trinajstić information content (AvgIpc) is 2.51. The maximum Gasteiger partial charge on any atom is 0.122 e. The number of rotatable bonds is 2. The van der Waals surface area contributed by atoms with E-state index in [0.717, 1.165) is 25.5 Å². The summed E-state index contributed by atoms with van der Waals surface area (Å²) in [5.41, 5.74) is 0. The zero-order valence-corrected chi connectivity index (χ0v) is 8.90. The molecule has 1 aromatic rings. The molecule has 1 unspecified atom stereocenters. The minimum Gasteiger partial charge on any atom is -0.329 e. The minimum atomic E-state index is 0.567. The lowest BCUT2D eigenvalue weighted by Crippen LogP contribution is -2.25. The van der Waals surface area contributed by atoms with E-state index in [2.05, 4.69) is 40.1 Å². The maximum absolute atomic E-state index is 4.36. The first-order chi connectivity index (χ1) is 6.77. The summed E-state index contributed by atoms with van der Waals surface area (Å²) in [6.45, 7) is 3.07. The second-order valence-corrected chi connectivity index (χ2v) is 4.13. The Bertz CT molecular complexity index is 292. The fourth-order valence-electron chi connectivity index (χ4n) is 2.02. The molecular weight excluding hydrogens is 176 g/mol. The third kappa shape index (κ3) is 1.96. The van der Waals surface area contributed by atoms with E-state index >= 15 is 0 Å². The van der Waals surface area contributed by atoms with Gasteiger partial charge in [-0.05, 0) is 27.1 Å². The van der Waals surface area contributed by atoms with E-state index in [0.29, 0.717) is 6.04 Å². The van der Waals surface area contributed by atoms with Gasteiger partial charge < -0.3 is 14.8 Å². The first-order valence-corrected chi connectivity index (χ1v) is 5.14. The van der Waals surface area contributed by atoms with Gasteiger partial charge >= 0.3 is 0 Å². The summed E-state index contributed by atoms with van der Waals surface area (Å²) in [5.74, 6) is 1.16. The van der Waals surface area contributed by atoms with Gasteiger partial charge in [-0.25, -0.2) is 4.98 Å². The topological polar surface area (TPSA) is 33.1 Å². The standard InChI is InChI=1S/C10H18N4/c1-13(2)8-9-3-4-11-7-10-12-5-6-14(9)10/h5-6,9,11H,3-4,7-8H2,1-2H3. The second-order valence-electron chi connectivity index (χ2n) is 4.13. The van der Waals surface area contributed by atoms with Gasteiger partial charge in [0.2, 0.25) is 0 Å². The predicted octanol–water partition coefficient (Wildman–Crippen LogP) is 0.479. The van der Waals surface area contributed by atoms with Gasteiger partial charge in [-0.3, -0.25) is 0 Å². The van der Waals surface area contributed by atoms with Crippen LogP contribution in [0, 0.1) is 0 Å². The van der Waals surface area contributed by atoms with Crippen LogP contribution >= 0.6 is 0 Å². The van der Waals surface area contributed by atoms with Crippen LogP contribution in [0.25, 0.3) is 0 Å². The third-order valence-electron chi connectivity index (χ3n) is 2.66. The van der Waals surface area contributed by atoms with Crippen LogP contribution in [0.2, 0.25) is 0 Å². The molecule has 0 aliphatic carbocycles. The SMILES string of the molecule is CN(C)CC1CCNCc2nccn21. The summed E-state index contributed by atoms with van der Waals surface area (Å²) in [7, 11) is 4.24. The number of imidazole rings is 1. The van der Waals surface area contributed by atoms with Crippen molar-refractivity contribution in [2.75, 3.05) is 27.2 Å². The normalized spacial score (nSPS) is 22.1. The van der Waals surface area contributed by atoms with E-state index in [1.54, 1.807) is 0 Å². The van der Waals surface area contributed by atoms with Crippen LogP contribution in [0.3, 0.4) is 0 Å². The number of likely N-dealkylation sites (N-methyl/N-ethyl adjacent to an activating group) is 1. The molecule has 0 fully saturated rings. The van der Waals surface area contributed by atoms with Gasteiger partial charge in [-0.2, -0.15) is 0 Å². The molecule has 2 heterocycles. The van der Waals surface area contributed by atoms with E-state index < -0.39 is 0 Å². The van der Waals surface area contributed by atoms with Crippen molar-refractivity contribution in [3.05, 3.63) is 18.2 Å². The lowest BCUT2D eigenvalue weighted by atomic mass is 10.2. The molecule has 4 heteroatoms. The molecule has 1 atom stereocenters. The van der Waals surface area contributed by atoms with Crippen LogP contribution in [-0.4, -0.2) is 41.6 Å². The largest absolute Gasteiger partial charge is 0.329 e. The van der Waals surface area contributed by atoms with Crippen LogP contribution in [0.1, 0.15) is 18.3 Å². The molecule has 78 valence electrons. The van der Waals surface area contributed by atoms with Gasteiger partial charge in [0.05, 0.1) is 6.54 Å². The highest BCUT2D eigenvalue weighted by molar-refractivity contribution is 4.97. The van der Waals surface area contributed by atoms with Crippen LogP contribution < -0.4 is 5.32 Å². The summed E-state index contributed by atoms with van der Waals surface area (Å²) in [4.78, 5) is 6.59. The van der Waals surface area contributed by atoms with E-state index in [-0.39, 0.29) is 0 Å². The molecule has 0 saturated heterocycles. The molecule has 0 radical (unpaired) electrons. The van der Waals surface area contributed by atoms with Gasteiger partial charge in [0.25, 0.3) is 0 Å². The highest BCUT2D eigenvalue weighted by Crippen LogP contribution is 2.16. The zero-order valence-electron chi connectivity index (χ0n) is 8.90. The summed E-state index contributed by atoms with van der Waals surface area (Å²) in [5, 5.41) is 3.39. The van der Waals surface area contributed by atoms with Crippen molar-refractivity contribution < 1.29 is 0 Å². The number of aromatic nitrogens is 2. The first-order valence-electron chi connectivity index (χ1n) is 5.14. The Morgan fingerprint density at radius 3 is 3.29 bits per heavy atom. The van der Waals surface area contributed by atoms with Crippen molar-refractivity contribution in [2.45, 2.75) is 19.0 Å². The van der Waals surface area contributed by atoms with Crippen molar-refractivity contribution in [1.82, 2.24) is 19.8 Å². The van der Waals surface area contributed by atoms with E-state index in [9.17, 15) is 0 Å². The molecule has 0 saturated carbocycles. The van der Waals surface area contributed by atoms with Gasteiger partial charge in [-0.1, -0.05) is 0 Å². The van der Waals surface area contributed by atoms with Crippen molar-refractivity contribution in [3.63, 3.8) is 0 Å². The Labute approximate surface area is 84.9 Å². The number of hydrogen-bond acceptors (Lipinski definition) is 3. The van der Waals surface area contributed by atoms with Gasteiger partial charge in [0, 0.05) is 25.0 Å². The van der Waals surface area contributed by atoms with E-state index in [1.165, 1.54) is 6.42 Å².